The highest BCUT2D eigenvalue weighted by molar-refractivity contribution is 6.31. The third-order valence-electron chi connectivity index (χ3n) is 3.63. The normalized spacial score (nSPS) is 11.0. The standard InChI is InChI=1S/C17H23ClN4O2/c1-4-6-15-20-17(24-21-15)11-22(5-2)10-16(23)19-14-9-13(18)8-7-12(14)3/h7-9H,4-6,10-11H2,1-3H3,(H,19,23). The maximum atomic E-state index is 12.3. The van der Waals surface area contributed by atoms with Crippen molar-refractivity contribution >= 4 is 23.2 Å². The highest BCUT2D eigenvalue weighted by Gasteiger charge is 2.14. The zero-order valence-electron chi connectivity index (χ0n) is 14.3. The van der Waals surface area contributed by atoms with Gasteiger partial charge in [-0.05, 0) is 37.6 Å². The van der Waals surface area contributed by atoms with Crippen LogP contribution in [-0.2, 0) is 17.8 Å². The first kappa shape index (κ1) is 18.4. The lowest BCUT2D eigenvalue weighted by molar-refractivity contribution is -0.117. The van der Waals surface area contributed by atoms with Crippen molar-refractivity contribution in [3.63, 3.8) is 0 Å². The van der Waals surface area contributed by atoms with Crippen LogP contribution >= 0.6 is 11.6 Å². The molecule has 1 aromatic carbocycles. The number of hydrogen-bond donors (Lipinski definition) is 1. The van der Waals surface area contributed by atoms with Gasteiger partial charge in [0.15, 0.2) is 5.82 Å². The number of aryl methyl sites for hydroxylation is 2. The SMILES string of the molecule is CCCc1noc(CN(CC)CC(=O)Nc2cc(Cl)ccc2C)n1. The van der Waals surface area contributed by atoms with Crippen molar-refractivity contribution in [2.45, 2.75) is 40.2 Å². The minimum atomic E-state index is -0.101. The fraction of sp³-hybridized carbons (Fsp3) is 0.471. The molecule has 24 heavy (non-hydrogen) atoms. The van der Waals surface area contributed by atoms with E-state index >= 15 is 0 Å². The molecule has 0 spiro atoms. The number of rotatable bonds is 8. The van der Waals surface area contributed by atoms with Crippen LogP contribution < -0.4 is 5.32 Å². The molecular weight excluding hydrogens is 328 g/mol. The molecule has 2 rings (SSSR count). The molecule has 1 amide bonds. The molecule has 7 heteroatoms. The Hall–Kier alpha value is -1.92. The van der Waals surface area contributed by atoms with Crippen molar-refractivity contribution in [1.29, 1.82) is 0 Å². The Morgan fingerprint density at radius 3 is 2.88 bits per heavy atom. The van der Waals surface area contributed by atoms with E-state index in [9.17, 15) is 4.79 Å². The van der Waals surface area contributed by atoms with Gasteiger partial charge in [0.25, 0.3) is 0 Å². The zero-order valence-corrected chi connectivity index (χ0v) is 15.1. The van der Waals surface area contributed by atoms with Gasteiger partial charge in [0.1, 0.15) is 0 Å². The molecule has 0 aliphatic rings. The lowest BCUT2D eigenvalue weighted by Crippen LogP contribution is -2.33. The van der Waals surface area contributed by atoms with E-state index < -0.39 is 0 Å². The molecule has 0 bridgehead atoms. The van der Waals surface area contributed by atoms with Crippen molar-refractivity contribution in [2.24, 2.45) is 0 Å². The summed E-state index contributed by atoms with van der Waals surface area (Å²) in [6.07, 6.45) is 1.77. The molecule has 130 valence electrons. The van der Waals surface area contributed by atoms with Gasteiger partial charge in [-0.25, -0.2) is 0 Å². The van der Waals surface area contributed by atoms with Gasteiger partial charge in [-0.15, -0.1) is 0 Å². The Balaban J connectivity index is 1.93. The average molecular weight is 351 g/mol. The topological polar surface area (TPSA) is 71.3 Å². The second-order valence-electron chi connectivity index (χ2n) is 5.67. The van der Waals surface area contributed by atoms with E-state index in [2.05, 4.69) is 22.4 Å². The summed E-state index contributed by atoms with van der Waals surface area (Å²) in [7, 11) is 0. The average Bonchev–Trinajstić information content (AvgIpc) is 2.98. The van der Waals surface area contributed by atoms with Crippen LogP contribution in [0.5, 0.6) is 0 Å². The molecule has 0 radical (unpaired) electrons. The first-order valence-corrected chi connectivity index (χ1v) is 8.49. The van der Waals surface area contributed by atoms with Crippen molar-refractivity contribution in [3.05, 3.63) is 40.5 Å². The van der Waals surface area contributed by atoms with Crippen LogP contribution in [0.3, 0.4) is 0 Å². The van der Waals surface area contributed by atoms with Gasteiger partial charge in [-0.1, -0.05) is 36.7 Å². The fourth-order valence-corrected chi connectivity index (χ4v) is 2.44. The number of carbonyl (C=O) groups excluding carboxylic acids is 1. The van der Waals surface area contributed by atoms with E-state index in [1.165, 1.54) is 0 Å². The van der Waals surface area contributed by atoms with Gasteiger partial charge in [-0.2, -0.15) is 4.98 Å². The maximum Gasteiger partial charge on any atom is 0.240 e. The summed E-state index contributed by atoms with van der Waals surface area (Å²) in [6, 6.07) is 5.43. The Morgan fingerprint density at radius 1 is 1.38 bits per heavy atom. The lowest BCUT2D eigenvalue weighted by Gasteiger charge is -2.18. The number of amides is 1. The van der Waals surface area contributed by atoms with E-state index in [1.54, 1.807) is 12.1 Å². The number of likely N-dealkylation sites (N-methyl/N-ethyl adjacent to an activating group) is 1. The Bertz CT molecular complexity index is 687. The van der Waals surface area contributed by atoms with E-state index in [0.717, 1.165) is 24.1 Å². The minimum absolute atomic E-state index is 0.101. The number of carbonyl (C=O) groups is 1. The Labute approximate surface area is 147 Å². The third-order valence-corrected chi connectivity index (χ3v) is 3.87. The number of aromatic nitrogens is 2. The first-order valence-electron chi connectivity index (χ1n) is 8.11. The summed E-state index contributed by atoms with van der Waals surface area (Å²) in [5.74, 6) is 1.14. The molecule has 1 aromatic heterocycles. The second-order valence-corrected chi connectivity index (χ2v) is 6.10. The number of benzene rings is 1. The van der Waals surface area contributed by atoms with Crippen molar-refractivity contribution < 1.29 is 9.32 Å². The van der Waals surface area contributed by atoms with E-state index in [0.29, 0.717) is 29.8 Å². The van der Waals surface area contributed by atoms with Crippen molar-refractivity contribution in [2.75, 3.05) is 18.4 Å². The summed E-state index contributed by atoms with van der Waals surface area (Å²) in [5, 5.41) is 7.42. The van der Waals surface area contributed by atoms with Gasteiger partial charge in [0.2, 0.25) is 11.8 Å². The summed E-state index contributed by atoms with van der Waals surface area (Å²) in [5.41, 5.74) is 1.70. The number of nitrogens with zero attached hydrogens (tertiary/aromatic N) is 3. The molecule has 0 saturated carbocycles. The van der Waals surface area contributed by atoms with E-state index in [4.69, 9.17) is 16.1 Å². The second kappa shape index (κ2) is 8.80. The molecule has 0 aliphatic carbocycles. The highest BCUT2D eigenvalue weighted by atomic mass is 35.5. The molecule has 0 saturated heterocycles. The Morgan fingerprint density at radius 2 is 2.17 bits per heavy atom. The molecule has 1 N–H and O–H groups in total. The number of anilines is 1. The quantitative estimate of drug-likeness (QED) is 0.789. The highest BCUT2D eigenvalue weighted by Crippen LogP contribution is 2.20. The smallest absolute Gasteiger partial charge is 0.240 e. The molecule has 2 aromatic rings. The van der Waals surface area contributed by atoms with E-state index in [-0.39, 0.29) is 12.5 Å². The van der Waals surface area contributed by atoms with Crippen LogP contribution in [-0.4, -0.2) is 34.0 Å². The van der Waals surface area contributed by atoms with E-state index in [1.807, 2.05) is 24.8 Å². The number of halogens is 1. The van der Waals surface area contributed by atoms with Crippen LogP contribution in [0.1, 0.15) is 37.5 Å². The first-order chi connectivity index (χ1) is 11.5. The largest absolute Gasteiger partial charge is 0.338 e. The number of nitrogens with one attached hydrogen (secondary N) is 1. The van der Waals surface area contributed by atoms with Crippen molar-refractivity contribution in [1.82, 2.24) is 15.0 Å². The predicted molar refractivity (Wildman–Crippen MR) is 94.1 cm³/mol. The molecular formula is C17H23ClN4O2. The van der Waals surface area contributed by atoms with Crippen LogP contribution in [0.15, 0.2) is 22.7 Å². The summed E-state index contributed by atoms with van der Waals surface area (Å²) in [4.78, 5) is 18.6. The molecule has 0 unspecified atom stereocenters. The fourth-order valence-electron chi connectivity index (χ4n) is 2.27. The van der Waals surface area contributed by atoms with Gasteiger partial charge in [0.05, 0.1) is 13.1 Å². The van der Waals surface area contributed by atoms with Crippen LogP contribution in [0, 0.1) is 6.92 Å². The van der Waals surface area contributed by atoms with Crippen LogP contribution in [0.25, 0.3) is 0 Å². The van der Waals surface area contributed by atoms with Gasteiger partial charge >= 0.3 is 0 Å². The number of hydrogen-bond acceptors (Lipinski definition) is 5. The third kappa shape index (κ3) is 5.32. The van der Waals surface area contributed by atoms with Crippen LogP contribution in [0.2, 0.25) is 5.02 Å². The monoisotopic (exact) mass is 350 g/mol. The molecule has 6 nitrogen and oxygen atoms in total. The summed E-state index contributed by atoms with van der Waals surface area (Å²) in [6.45, 7) is 7.38. The molecule has 0 atom stereocenters. The van der Waals surface area contributed by atoms with Gasteiger partial charge in [-0.3, -0.25) is 9.69 Å². The molecule has 0 fully saturated rings. The van der Waals surface area contributed by atoms with Crippen LogP contribution in [0.4, 0.5) is 5.69 Å². The lowest BCUT2D eigenvalue weighted by atomic mass is 10.2. The van der Waals surface area contributed by atoms with Gasteiger partial charge in [0, 0.05) is 17.1 Å². The zero-order chi connectivity index (χ0) is 17.5. The summed E-state index contributed by atoms with van der Waals surface area (Å²) >= 11 is 5.98. The predicted octanol–water partition coefficient (Wildman–Crippen LogP) is 3.44. The molecule has 0 aliphatic heterocycles. The van der Waals surface area contributed by atoms with Crippen molar-refractivity contribution in [3.8, 4) is 0 Å². The summed E-state index contributed by atoms with van der Waals surface area (Å²) < 4.78 is 5.23. The minimum Gasteiger partial charge on any atom is -0.338 e. The Kier molecular flexibility index (Phi) is 6.75. The van der Waals surface area contributed by atoms with Gasteiger partial charge < -0.3 is 9.84 Å². The molecule has 1 heterocycles. The maximum absolute atomic E-state index is 12.3.